The van der Waals surface area contributed by atoms with E-state index in [0.29, 0.717) is 19.5 Å². The number of nitrogens with one attached hydrogen (secondary N) is 2. The van der Waals surface area contributed by atoms with E-state index in [1.54, 1.807) is 0 Å². The van der Waals surface area contributed by atoms with Gasteiger partial charge in [0.05, 0.1) is 12.8 Å². The van der Waals surface area contributed by atoms with E-state index in [-0.39, 0.29) is 18.0 Å². The Hall–Kier alpha value is -0.660. The highest BCUT2D eigenvalue weighted by atomic mass is 32.2. The average molecular weight is 305 g/mol. The summed E-state index contributed by atoms with van der Waals surface area (Å²) in [5.74, 6) is 0.114. The number of rotatable bonds is 7. The molecule has 6 nitrogen and oxygen atoms in total. The van der Waals surface area contributed by atoms with Gasteiger partial charge in [0.25, 0.3) is 0 Å². The third kappa shape index (κ3) is 6.67. The first kappa shape index (κ1) is 17.4. The van der Waals surface area contributed by atoms with E-state index in [2.05, 4.69) is 10.0 Å². The molecule has 2 N–H and O–H groups in total. The lowest BCUT2D eigenvalue weighted by molar-refractivity contribution is -0.134. The Labute approximate surface area is 122 Å². The van der Waals surface area contributed by atoms with Crippen molar-refractivity contribution >= 4 is 15.9 Å². The molecule has 0 radical (unpaired) electrons. The molecule has 1 aliphatic heterocycles. The molecule has 118 valence electrons. The van der Waals surface area contributed by atoms with Gasteiger partial charge in [-0.25, -0.2) is 13.1 Å². The monoisotopic (exact) mass is 305 g/mol. The third-order valence-corrected chi connectivity index (χ3v) is 4.18. The molecule has 0 aromatic rings. The molecule has 1 heterocycles. The maximum absolute atomic E-state index is 12.2. The second kappa shape index (κ2) is 7.95. The van der Waals surface area contributed by atoms with Crippen LogP contribution in [0.3, 0.4) is 0 Å². The molecule has 0 aromatic carbocycles. The molecule has 1 atom stereocenters. The molecule has 1 unspecified atom stereocenters. The summed E-state index contributed by atoms with van der Waals surface area (Å²) in [5.41, 5.74) is 0. The summed E-state index contributed by atoms with van der Waals surface area (Å²) in [4.78, 5) is 14.1. The summed E-state index contributed by atoms with van der Waals surface area (Å²) in [7, 11) is -3.15. The summed E-state index contributed by atoms with van der Waals surface area (Å²) < 4.78 is 24.6. The standard InChI is InChI=1S/C13H27N3O3S/c1-11(2)14-10-13(17)16-9-5-4-6-12(16)7-8-15-20(3,18)19/h11-12,14-15H,4-10H2,1-3H3. The van der Waals surface area contributed by atoms with Gasteiger partial charge in [0, 0.05) is 25.2 Å². The van der Waals surface area contributed by atoms with Crippen LogP contribution in [0, 0.1) is 0 Å². The predicted octanol–water partition coefficient (Wildman–Crippen LogP) is 0.305. The Kier molecular flexibility index (Phi) is 6.91. The minimum absolute atomic E-state index is 0.114. The Morgan fingerprint density at radius 1 is 1.35 bits per heavy atom. The third-order valence-electron chi connectivity index (χ3n) is 3.45. The van der Waals surface area contributed by atoms with Crippen LogP contribution in [0.5, 0.6) is 0 Å². The quantitative estimate of drug-likeness (QED) is 0.709. The van der Waals surface area contributed by atoms with E-state index in [4.69, 9.17) is 0 Å². The van der Waals surface area contributed by atoms with Gasteiger partial charge in [0.15, 0.2) is 0 Å². The number of likely N-dealkylation sites (tertiary alicyclic amines) is 1. The Morgan fingerprint density at radius 3 is 2.65 bits per heavy atom. The first-order valence-corrected chi connectivity index (χ1v) is 9.16. The van der Waals surface area contributed by atoms with Crippen molar-refractivity contribution < 1.29 is 13.2 Å². The van der Waals surface area contributed by atoms with Crippen LogP contribution in [0.15, 0.2) is 0 Å². The normalized spacial score (nSPS) is 20.4. The summed E-state index contributed by atoms with van der Waals surface area (Å²) >= 11 is 0. The molecule has 1 rings (SSSR count). The van der Waals surface area contributed by atoms with Crippen molar-refractivity contribution in [2.45, 2.75) is 51.6 Å². The first-order chi connectivity index (χ1) is 9.29. The maximum Gasteiger partial charge on any atom is 0.236 e. The van der Waals surface area contributed by atoms with Crippen LogP contribution in [0.1, 0.15) is 39.5 Å². The number of sulfonamides is 1. The van der Waals surface area contributed by atoms with Crippen molar-refractivity contribution in [3.05, 3.63) is 0 Å². The highest BCUT2D eigenvalue weighted by Gasteiger charge is 2.26. The number of hydrogen-bond donors (Lipinski definition) is 2. The van der Waals surface area contributed by atoms with E-state index < -0.39 is 10.0 Å². The predicted molar refractivity (Wildman–Crippen MR) is 80.0 cm³/mol. The molecule has 0 saturated carbocycles. The van der Waals surface area contributed by atoms with Gasteiger partial charge in [0.1, 0.15) is 0 Å². The zero-order valence-electron chi connectivity index (χ0n) is 12.7. The number of amides is 1. The van der Waals surface area contributed by atoms with E-state index in [1.807, 2.05) is 18.7 Å². The highest BCUT2D eigenvalue weighted by molar-refractivity contribution is 7.88. The lowest BCUT2D eigenvalue weighted by Crippen LogP contribution is -2.49. The lowest BCUT2D eigenvalue weighted by Gasteiger charge is -2.36. The largest absolute Gasteiger partial charge is 0.339 e. The first-order valence-electron chi connectivity index (χ1n) is 7.27. The van der Waals surface area contributed by atoms with Crippen molar-refractivity contribution in [2.24, 2.45) is 0 Å². The summed E-state index contributed by atoms with van der Waals surface area (Å²) in [5, 5.41) is 3.14. The molecule has 1 fully saturated rings. The Bertz CT molecular complexity index is 409. The summed E-state index contributed by atoms with van der Waals surface area (Å²) in [6.45, 7) is 5.55. The molecule has 0 aromatic heterocycles. The van der Waals surface area contributed by atoms with Crippen LogP contribution in [0.4, 0.5) is 0 Å². The number of piperidine rings is 1. The number of carbonyl (C=O) groups excluding carboxylic acids is 1. The Morgan fingerprint density at radius 2 is 2.05 bits per heavy atom. The molecule has 7 heteroatoms. The summed E-state index contributed by atoms with van der Waals surface area (Å²) in [6.07, 6.45) is 4.93. The molecule has 20 heavy (non-hydrogen) atoms. The van der Waals surface area contributed by atoms with Crippen LogP contribution in [-0.4, -0.2) is 57.2 Å². The molecule has 0 spiro atoms. The van der Waals surface area contributed by atoms with E-state index in [9.17, 15) is 13.2 Å². The molecular formula is C13H27N3O3S. The van der Waals surface area contributed by atoms with Crippen molar-refractivity contribution in [3.8, 4) is 0 Å². The topological polar surface area (TPSA) is 78.5 Å². The fourth-order valence-corrected chi connectivity index (χ4v) is 2.92. The fraction of sp³-hybridized carbons (Fsp3) is 0.923. The van der Waals surface area contributed by atoms with Crippen LogP contribution in [0.25, 0.3) is 0 Å². The maximum atomic E-state index is 12.2. The number of nitrogens with zero attached hydrogens (tertiary/aromatic N) is 1. The average Bonchev–Trinajstić information content (AvgIpc) is 2.35. The van der Waals surface area contributed by atoms with Crippen LogP contribution >= 0.6 is 0 Å². The van der Waals surface area contributed by atoms with Crippen LogP contribution in [0.2, 0.25) is 0 Å². The minimum Gasteiger partial charge on any atom is -0.339 e. The minimum atomic E-state index is -3.15. The van der Waals surface area contributed by atoms with E-state index in [0.717, 1.165) is 32.1 Å². The van der Waals surface area contributed by atoms with Crippen molar-refractivity contribution in [1.82, 2.24) is 14.9 Å². The zero-order chi connectivity index (χ0) is 15.2. The van der Waals surface area contributed by atoms with Gasteiger partial charge in [0.2, 0.25) is 15.9 Å². The van der Waals surface area contributed by atoms with Gasteiger partial charge in [-0.3, -0.25) is 4.79 Å². The molecule has 1 amide bonds. The van der Waals surface area contributed by atoms with Crippen LogP contribution in [-0.2, 0) is 14.8 Å². The Balaban J connectivity index is 2.47. The SMILES string of the molecule is CC(C)NCC(=O)N1CCCCC1CCNS(C)(=O)=O. The van der Waals surface area contributed by atoms with Gasteiger partial charge >= 0.3 is 0 Å². The highest BCUT2D eigenvalue weighted by Crippen LogP contribution is 2.19. The molecule has 1 aliphatic rings. The van der Waals surface area contributed by atoms with Gasteiger partial charge in [-0.05, 0) is 25.7 Å². The van der Waals surface area contributed by atoms with Crippen LogP contribution < -0.4 is 10.0 Å². The van der Waals surface area contributed by atoms with Gasteiger partial charge in [-0.1, -0.05) is 13.8 Å². The molecule has 0 bridgehead atoms. The van der Waals surface area contributed by atoms with Gasteiger partial charge < -0.3 is 10.2 Å². The molecular weight excluding hydrogens is 278 g/mol. The van der Waals surface area contributed by atoms with Gasteiger partial charge in [-0.15, -0.1) is 0 Å². The molecule has 1 saturated heterocycles. The number of hydrogen-bond acceptors (Lipinski definition) is 4. The smallest absolute Gasteiger partial charge is 0.236 e. The fourth-order valence-electron chi connectivity index (χ4n) is 2.43. The number of carbonyl (C=O) groups is 1. The zero-order valence-corrected chi connectivity index (χ0v) is 13.5. The van der Waals surface area contributed by atoms with Gasteiger partial charge in [-0.2, -0.15) is 0 Å². The second-order valence-corrected chi connectivity index (χ2v) is 7.56. The van der Waals surface area contributed by atoms with Crippen molar-refractivity contribution in [1.29, 1.82) is 0 Å². The lowest BCUT2D eigenvalue weighted by atomic mass is 9.99. The van der Waals surface area contributed by atoms with E-state index in [1.165, 1.54) is 0 Å². The second-order valence-electron chi connectivity index (χ2n) is 5.73. The van der Waals surface area contributed by atoms with Crippen molar-refractivity contribution in [3.63, 3.8) is 0 Å². The molecule has 0 aliphatic carbocycles. The summed E-state index contributed by atoms with van der Waals surface area (Å²) in [6, 6.07) is 0.438. The van der Waals surface area contributed by atoms with Crippen molar-refractivity contribution in [2.75, 3.05) is 25.9 Å². The van der Waals surface area contributed by atoms with E-state index >= 15 is 0 Å².